The van der Waals surface area contributed by atoms with Crippen molar-refractivity contribution in [1.82, 2.24) is 9.80 Å². The number of aliphatic hydroxyl groups is 1. The Kier molecular flexibility index (Phi) is 5.98. The van der Waals surface area contributed by atoms with Crippen LogP contribution in [0.2, 0.25) is 0 Å². The first kappa shape index (κ1) is 20.3. The maximum Gasteiger partial charge on any atom is 0.254 e. The van der Waals surface area contributed by atoms with Crippen LogP contribution in [0.5, 0.6) is 0 Å². The van der Waals surface area contributed by atoms with E-state index in [0.29, 0.717) is 12.1 Å². The molecule has 1 amide bonds. The molecule has 0 radical (unpaired) electrons. The summed E-state index contributed by atoms with van der Waals surface area (Å²) < 4.78 is 0. The molecule has 0 saturated heterocycles. The minimum Gasteiger partial charge on any atom is -0.392 e. The Balaban J connectivity index is 1.59. The van der Waals surface area contributed by atoms with Crippen LogP contribution in [0.1, 0.15) is 32.6 Å². The Labute approximate surface area is 178 Å². The number of carbonyl (C=O) groups excluding carboxylic acids is 1. The van der Waals surface area contributed by atoms with E-state index in [4.69, 9.17) is 0 Å². The molecule has 4 rings (SSSR count). The summed E-state index contributed by atoms with van der Waals surface area (Å²) in [6, 6.07) is 22.3. The van der Waals surface area contributed by atoms with Crippen LogP contribution in [0.3, 0.4) is 0 Å². The Hall–Kier alpha value is -2.95. The second kappa shape index (κ2) is 8.82. The van der Waals surface area contributed by atoms with Crippen molar-refractivity contribution in [3.05, 3.63) is 94.5 Å². The minimum atomic E-state index is -0.0301. The van der Waals surface area contributed by atoms with Crippen LogP contribution < -0.4 is 0 Å². The third-order valence-corrected chi connectivity index (χ3v) is 5.68. The van der Waals surface area contributed by atoms with Crippen molar-refractivity contribution in [2.75, 3.05) is 20.6 Å². The highest BCUT2D eigenvalue weighted by Gasteiger charge is 2.22. The van der Waals surface area contributed by atoms with E-state index in [9.17, 15) is 9.90 Å². The number of nitrogens with zero attached hydrogens (tertiary/aromatic N) is 2. The van der Waals surface area contributed by atoms with Crippen LogP contribution >= 0.6 is 0 Å². The summed E-state index contributed by atoms with van der Waals surface area (Å²) in [5.41, 5.74) is 7.22. The first-order valence-electron chi connectivity index (χ1n) is 10.4. The molecule has 0 atom stereocenters. The van der Waals surface area contributed by atoms with E-state index in [-0.39, 0.29) is 12.5 Å². The molecule has 0 saturated carbocycles. The van der Waals surface area contributed by atoms with Gasteiger partial charge in [-0.05, 0) is 66.0 Å². The molecule has 0 bridgehead atoms. The Bertz CT molecular complexity index is 1060. The van der Waals surface area contributed by atoms with Crippen LogP contribution in [0.25, 0.3) is 11.1 Å². The second-order valence-electron chi connectivity index (χ2n) is 8.21. The molecule has 0 aliphatic carbocycles. The van der Waals surface area contributed by atoms with Gasteiger partial charge in [0.1, 0.15) is 0 Å². The fourth-order valence-electron chi connectivity index (χ4n) is 4.19. The van der Waals surface area contributed by atoms with Crippen molar-refractivity contribution in [1.29, 1.82) is 0 Å². The number of hydrogen-bond donors (Lipinski definition) is 1. The number of aliphatic hydroxyl groups excluding tert-OH is 1. The molecular formula is C26H28N2O2. The SMILES string of the molecule is CN(C)Cc1ccc(-c2cccc(C(=O)N3CCc4ccccc4C3)c2)c(CO)c1. The van der Waals surface area contributed by atoms with Gasteiger partial charge in [-0.25, -0.2) is 0 Å². The van der Waals surface area contributed by atoms with Crippen LogP contribution in [0.4, 0.5) is 0 Å². The van der Waals surface area contributed by atoms with Gasteiger partial charge in [-0.3, -0.25) is 4.79 Å². The zero-order chi connectivity index (χ0) is 21.1. The molecule has 1 N–H and O–H groups in total. The average molecular weight is 401 g/mol. The van der Waals surface area contributed by atoms with E-state index in [1.165, 1.54) is 11.1 Å². The third-order valence-electron chi connectivity index (χ3n) is 5.68. The molecule has 154 valence electrons. The molecule has 1 aliphatic rings. The topological polar surface area (TPSA) is 43.8 Å². The van der Waals surface area contributed by atoms with Gasteiger partial charge < -0.3 is 14.9 Å². The zero-order valence-corrected chi connectivity index (χ0v) is 17.6. The highest BCUT2D eigenvalue weighted by molar-refractivity contribution is 5.95. The molecular weight excluding hydrogens is 372 g/mol. The number of benzene rings is 3. The summed E-state index contributed by atoms with van der Waals surface area (Å²) in [6.07, 6.45) is 0.892. The van der Waals surface area contributed by atoms with Gasteiger partial charge in [-0.15, -0.1) is 0 Å². The Morgan fingerprint density at radius 3 is 2.57 bits per heavy atom. The highest BCUT2D eigenvalue weighted by Crippen LogP contribution is 2.27. The quantitative estimate of drug-likeness (QED) is 0.701. The van der Waals surface area contributed by atoms with Crippen molar-refractivity contribution in [3.63, 3.8) is 0 Å². The van der Waals surface area contributed by atoms with Crippen LogP contribution in [-0.2, 0) is 26.1 Å². The molecule has 0 unspecified atom stereocenters. The number of carbonyl (C=O) groups is 1. The van der Waals surface area contributed by atoms with Gasteiger partial charge in [-0.1, -0.05) is 54.6 Å². The summed E-state index contributed by atoms with van der Waals surface area (Å²) in [5.74, 6) is 0.0566. The van der Waals surface area contributed by atoms with Crippen molar-refractivity contribution in [3.8, 4) is 11.1 Å². The van der Waals surface area contributed by atoms with Gasteiger partial charge in [0.25, 0.3) is 5.91 Å². The summed E-state index contributed by atoms with van der Waals surface area (Å²) in [4.78, 5) is 17.2. The summed E-state index contributed by atoms with van der Waals surface area (Å²) in [7, 11) is 4.06. The average Bonchev–Trinajstić information content (AvgIpc) is 2.77. The molecule has 1 heterocycles. The molecule has 0 aromatic heterocycles. The monoisotopic (exact) mass is 400 g/mol. The first-order chi connectivity index (χ1) is 14.5. The molecule has 3 aromatic rings. The fourth-order valence-corrected chi connectivity index (χ4v) is 4.19. The largest absolute Gasteiger partial charge is 0.392 e. The highest BCUT2D eigenvalue weighted by atomic mass is 16.3. The van der Waals surface area contributed by atoms with Crippen molar-refractivity contribution >= 4 is 5.91 Å². The molecule has 0 fully saturated rings. The van der Waals surface area contributed by atoms with Gasteiger partial charge in [-0.2, -0.15) is 0 Å². The van der Waals surface area contributed by atoms with Gasteiger partial charge in [0.2, 0.25) is 0 Å². The minimum absolute atomic E-state index is 0.0301. The number of rotatable bonds is 5. The normalized spacial score (nSPS) is 13.4. The molecule has 1 aliphatic heterocycles. The second-order valence-corrected chi connectivity index (χ2v) is 8.21. The molecule has 4 nitrogen and oxygen atoms in total. The summed E-state index contributed by atoms with van der Waals surface area (Å²) >= 11 is 0. The van der Waals surface area contributed by atoms with Crippen molar-refractivity contribution < 1.29 is 9.90 Å². The maximum absolute atomic E-state index is 13.2. The third kappa shape index (κ3) is 4.30. The maximum atomic E-state index is 13.2. The lowest BCUT2D eigenvalue weighted by Gasteiger charge is -2.29. The Morgan fingerprint density at radius 2 is 1.80 bits per heavy atom. The number of amides is 1. The van der Waals surface area contributed by atoms with E-state index >= 15 is 0 Å². The number of fused-ring (bicyclic) bond motifs is 1. The molecule has 0 spiro atoms. The summed E-state index contributed by atoms with van der Waals surface area (Å²) in [5, 5.41) is 9.92. The molecule has 30 heavy (non-hydrogen) atoms. The van der Waals surface area contributed by atoms with Crippen LogP contribution in [0.15, 0.2) is 66.7 Å². The zero-order valence-electron chi connectivity index (χ0n) is 17.6. The van der Waals surface area contributed by atoms with Gasteiger partial charge in [0.15, 0.2) is 0 Å². The smallest absolute Gasteiger partial charge is 0.254 e. The van der Waals surface area contributed by atoms with Crippen molar-refractivity contribution in [2.45, 2.75) is 26.1 Å². The predicted molar refractivity (Wildman–Crippen MR) is 120 cm³/mol. The summed E-state index contributed by atoms with van der Waals surface area (Å²) in [6.45, 7) is 2.18. The van der Waals surface area contributed by atoms with Gasteiger partial charge in [0.05, 0.1) is 6.61 Å². The lowest BCUT2D eigenvalue weighted by Crippen LogP contribution is -2.35. The van der Waals surface area contributed by atoms with E-state index in [2.05, 4.69) is 29.2 Å². The van der Waals surface area contributed by atoms with Gasteiger partial charge >= 0.3 is 0 Å². The van der Waals surface area contributed by atoms with E-state index in [0.717, 1.165) is 41.8 Å². The van der Waals surface area contributed by atoms with E-state index in [1.54, 1.807) is 0 Å². The molecule has 4 heteroatoms. The van der Waals surface area contributed by atoms with Crippen molar-refractivity contribution in [2.24, 2.45) is 0 Å². The lowest BCUT2D eigenvalue weighted by atomic mass is 9.95. The predicted octanol–water partition coefficient (Wildman–Crippen LogP) is 4.11. The van der Waals surface area contributed by atoms with E-state index < -0.39 is 0 Å². The van der Waals surface area contributed by atoms with E-state index in [1.807, 2.05) is 61.5 Å². The Morgan fingerprint density at radius 1 is 1.00 bits per heavy atom. The fraction of sp³-hybridized carbons (Fsp3) is 0.269. The van der Waals surface area contributed by atoms with Crippen LogP contribution in [-0.4, -0.2) is 41.5 Å². The molecule has 3 aromatic carbocycles. The standard InChI is InChI=1S/C26H28N2O2/c1-27(2)16-19-10-11-25(24(14-19)18-29)21-8-5-9-22(15-21)26(30)28-13-12-20-6-3-4-7-23(20)17-28/h3-11,14-15,29H,12-13,16-18H2,1-2H3. The first-order valence-corrected chi connectivity index (χ1v) is 10.4. The number of hydrogen-bond acceptors (Lipinski definition) is 3. The van der Waals surface area contributed by atoms with Gasteiger partial charge in [0, 0.05) is 25.2 Å². The van der Waals surface area contributed by atoms with Crippen LogP contribution in [0, 0.1) is 0 Å². The lowest BCUT2D eigenvalue weighted by molar-refractivity contribution is 0.0735.